The first-order chi connectivity index (χ1) is 9.12. The van der Waals surface area contributed by atoms with Gasteiger partial charge in [0.1, 0.15) is 5.75 Å². The lowest BCUT2D eigenvalue weighted by Gasteiger charge is -2.10. The van der Waals surface area contributed by atoms with Gasteiger partial charge in [-0.25, -0.2) is 0 Å². The summed E-state index contributed by atoms with van der Waals surface area (Å²) in [5, 5.41) is 3.34. The van der Waals surface area contributed by atoms with Crippen molar-refractivity contribution >= 4 is 17.5 Å². The second kappa shape index (κ2) is 7.64. The van der Waals surface area contributed by atoms with Crippen LogP contribution in [-0.4, -0.2) is 19.6 Å². The Morgan fingerprint density at radius 1 is 1.53 bits per heavy atom. The first kappa shape index (κ1) is 15.3. The van der Waals surface area contributed by atoms with Gasteiger partial charge < -0.3 is 10.1 Å². The highest BCUT2D eigenvalue weighted by Crippen LogP contribution is 2.22. The number of carbonyl (C=O) groups is 1. The molecule has 19 heavy (non-hydrogen) atoms. The van der Waals surface area contributed by atoms with Crippen LogP contribution in [0.4, 0.5) is 0 Å². The van der Waals surface area contributed by atoms with Crippen LogP contribution in [0.1, 0.15) is 23.7 Å². The molecule has 0 atom stereocenters. The van der Waals surface area contributed by atoms with E-state index >= 15 is 0 Å². The largest absolute Gasteiger partial charge is 0.496 e. The van der Waals surface area contributed by atoms with Gasteiger partial charge in [0.15, 0.2) is 0 Å². The van der Waals surface area contributed by atoms with Gasteiger partial charge in [0, 0.05) is 11.6 Å². The summed E-state index contributed by atoms with van der Waals surface area (Å²) in [6, 6.07) is 4.96. The first-order valence-corrected chi connectivity index (χ1v) is 6.39. The fraction of sp³-hybridized carbons (Fsp3) is 0.267. The molecule has 0 radical (unpaired) electrons. The summed E-state index contributed by atoms with van der Waals surface area (Å²) in [5.41, 5.74) is 1.54. The summed E-state index contributed by atoms with van der Waals surface area (Å²) in [5.74, 6) is 0.316. The number of rotatable bonds is 6. The summed E-state index contributed by atoms with van der Waals surface area (Å²) in [6.07, 6.45) is 4.50. The summed E-state index contributed by atoms with van der Waals surface area (Å²) >= 11 is 5.89. The number of allylic oxidation sites excluding steroid dienone is 2. The minimum Gasteiger partial charge on any atom is -0.496 e. The van der Waals surface area contributed by atoms with E-state index < -0.39 is 0 Å². The zero-order valence-corrected chi connectivity index (χ0v) is 12.0. The van der Waals surface area contributed by atoms with Gasteiger partial charge in [0.2, 0.25) is 0 Å². The quantitative estimate of drug-likeness (QED) is 0.808. The molecule has 0 aliphatic heterocycles. The number of benzene rings is 1. The summed E-state index contributed by atoms with van der Waals surface area (Å²) in [7, 11) is 1.52. The summed E-state index contributed by atoms with van der Waals surface area (Å²) in [6.45, 7) is 6.19. The molecule has 0 spiro atoms. The normalized spacial score (nSPS) is 11.0. The second-order valence-corrected chi connectivity index (χ2v) is 4.35. The van der Waals surface area contributed by atoms with Crippen LogP contribution in [0, 0.1) is 0 Å². The zero-order chi connectivity index (χ0) is 14.3. The predicted molar refractivity (Wildman–Crippen MR) is 78.9 cm³/mol. The average Bonchev–Trinajstić information content (AvgIpc) is 2.43. The maximum atomic E-state index is 12.0. The number of hydrogen-bond acceptors (Lipinski definition) is 2. The highest BCUT2D eigenvalue weighted by molar-refractivity contribution is 6.31. The molecule has 1 rings (SSSR count). The lowest BCUT2D eigenvalue weighted by molar-refractivity contribution is 0.0951. The number of halogens is 1. The van der Waals surface area contributed by atoms with Gasteiger partial charge in [-0.3, -0.25) is 4.79 Å². The molecule has 102 valence electrons. The maximum absolute atomic E-state index is 12.0. The zero-order valence-electron chi connectivity index (χ0n) is 11.2. The molecular formula is C15H18ClNO2. The van der Waals surface area contributed by atoms with E-state index in [2.05, 4.69) is 11.9 Å². The van der Waals surface area contributed by atoms with Crippen molar-refractivity contribution < 1.29 is 9.53 Å². The van der Waals surface area contributed by atoms with Crippen LogP contribution in [0.15, 0.2) is 42.5 Å². The van der Waals surface area contributed by atoms with Gasteiger partial charge >= 0.3 is 0 Å². The lowest BCUT2D eigenvalue weighted by Crippen LogP contribution is -2.25. The summed E-state index contributed by atoms with van der Waals surface area (Å²) in [4.78, 5) is 12.0. The van der Waals surface area contributed by atoms with Gasteiger partial charge in [-0.05, 0) is 31.5 Å². The molecule has 0 heterocycles. The van der Waals surface area contributed by atoms with E-state index in [1.165, 1.54) is 7.11 Å². The Morgan fingerprint density at radius 2 is 2.26 bits per heavy atom. The molecule has 0 saturated heterocycles. The van der Waals surface area contributed by atoms with E-state index in [4.69, 9.17) is 16.3 Å². The third-order valence-corrected chi connectivity index (χ3v) is 2.97. The molecule has 1 aromatic carbocycles. The third-order valence-electron chi connectivity index (χ3n) is 2.74. The van der Waals surface area contributed by atoms with Crippen molar-refractivity contribution in [3.8, 4) is 5.75 Å². The molecule has 0 aromatic heterocycles. The van der Waals surface area contributed by atoms with Crippen molar-refractivity contribution in [1.82, 2.24) is 5.32 Å². The van der Waals surface area contributed by atoms with Crippen LogP contribution in [0.3, 0.4) is 0 Å². The van der Waals surface area contributed by atoms with Gasteiger partial charge in [0.05, 0.1) is 12.7 Å². The molecule has 0 aliphatic rings. The van der Waals surface area contributed by atoms with Crippen LogP contribution in [0.5, 0.6) is 5.75 Å². The Bertz CT molecular complexity index is 495. The van der Waals surface area contributed by atoms with Crippen molar-refractivity contribution in [3.63, 3.8) is 0 Å². The van der Waals surface area contributed by atoms with Crippen molar-refractivity contribution in [2.75, 3.05) is 13.7 Å². The molecule has 1 N–H and O–H groups in total. The third kappa shape index (κ3) is 4.45. The van der Waals surface area contributed by atoms with Crippen LogP contribution in [0.25, 0.3) is 0 Å². The Balaban J connectivity index is 2.68. The molecule has 3 nitrogen and oxygen atoms in total. The van der Waals surface area contributed by atoms with E-state index in [0.717, 1.165) is 12.0 Å². The van der Waals surface area contributed by atoms with E-state index in [-0.39, 0.29) is 5.91 Å². The van der Waals surface area contributed by atoms with E-state index in [1.807, 2.05) is 13.0 Å². The number of ether oxygens (including phenoxy) is 1. The Kier molecular flexibility index (Phi) is 6.16. The predicted octanol–water partition coefficient (Wildman–Crippen LogP) is 3.60. The van der Waals surface area contributed by atoms with Crippen molar-refractivity contribution in [2.45, 2.75) is 13.3 Å². The van der Waals surface area contributed by atoms with Crippen molar-refractivity contribution in [2.24, 2.45) is 0 Å². The smallest absolute Gasteiger partial charge is 0.255 e. The van der Waals surface area contributed by atoms with Crippen LogP contribution in [0.2, 0.25) is 5.02 Å². The van der Waals surface area contributed by atoms with E-state index in [1.54, 1.807) is 24.3 Å². The Hall–Kier alpha value is -1.74. The van der Waals surface area contributed by atoms with Gasteiger partial charge in [-0.15, -0.1) is 0 Å². The molecule has 1 aromatic rings. The molecular weight excluding hydrogens is 262 g/mol. The molecule has 4 heteroatoms. The lowest BCUT2D eigenvalue weighted by atomic mass is 10.1. The Morgan fingerprint density at radius 3 is 2.84 bits per heavy atom. The number of nitrogens with one attached hydrogen (secondary N) is 1. The Labute approximate surface area is 118 Å². The molecule has 0 bridgehead atoms. The van der Waals surface area contributed by atoms with Gasteiger partial charge in [-0.1, -0.05) is 35.9 Å². The minimum atomic E-state index is -0.195. The fourth-order valence-electron chi connectivity index (χ4n) is 1.64. The van der Waals surface area contributed by atoms with E-state index in [9.17, 15) is 4.79 Å². The number of carbonyl (C=O) groups excluding carboxylic acids is 1. The topological polar surface area (TPSA) is 38.3 Å². The molecule has 1 amide bonds. The maximum Gasteiger partial charge on any atom is 0.255 e. The summed E-state index contributed by atoms with van der Waals surface area (Å²) < 4.78 is 5.14. The molecule has 0 aliphatic carbocycles. The first-order valence-electron chi connectivity index (χ1n) is 6.01. The number of hydrogen-bond donors (Lipinski definition) is 1. The number of amides is 1. The monoisotopic (exact) mass is 279 g/mol. The van der Waals surface area contributed by atoms with Crippen LogP contribution < -0.4 is 10.1 Å². The SMILES string of the molecule is C=C/C(=C\C)CCNC(=O)c1cc(Cl)ccc1OC. The fourth-order valence-corrected chi connectivity index (χ4v) is 1.81. The molecule has 0 fully saturated rings. The van der Waals surface area contributed by atoms with Gasteiger partial charge in [0.25, 0.3) is 5.91 Å². The minimum absolute atomic E-state index is 0.195. The standard InChI is InChI=1S/C15H18ClNO2/c1-4-11(5-2)8-9-17-15(18)13-10-12(16)6-7-14(13)19-3/h4-7,10H,1,8-9H2,2-3H3,(H,17,18)/b11-5+. The molecule has 0 unspecified atom stereocenters. The highest BCUT2D eigenvalue weighted by atomic mass is 35.5. The highest BCUT2D eigenvalue weighted by Gasteiger charge is 2.12. The average molecular weight is 280 g/mol. The van der Waals surface area contributed by atoms with Crippen LogP contribution in [-0.2, 0) is 0 Å². The van der Waals surface area contributed by atoms with Gasteiger partial charge in [-0.2, -0.15) is 0 Å². The van der Waals surface area contributed by atoms with Crippen LogP contribution >= 0.6 is 11.6 Å². The van der Waals surface area contributed by atoms with Crippen molar-refractivity contribution in [1.29, 1.82) is 0 Å². The second-order valence-electron chi connectivity index (χ2n) is 3.92. The van der Waals surface area contributed by atoms with E-state index in [0.29, 0.717) is 22.9 Å². The molecule has 0 saturated carbocycles. The number of methoxy groups -OCH3 is 1. The van der Waals surface area contributed by atoms with Crippen molar-refractivity contribution in [3.05, 3.63) is 53.1 Å².